The normalized spacial score (nSPS) is 12.4. The van der Waals surface area contributed by atoms with Gasteiger partial charge in [0.15, 0.2) is 0 Å². The molecule has 0 saturated carbocycles. The molecule has 0 aliphatic rings. The maximum absolute atomic E-state index is 13.4. The molecule has 0 bridgehead atoms. The van der Waals surface area contributed by atoms with E-state index in [2.05, 4.69) is 5.32 Å². The quantitative estimate of drug-likeness (QED) is 0.845. The number of carbonyl (C=O) groups excluding carboxylic acids is 1. The van der Waals surface area contributed by atoms with E-state index in [0.29, 0.717) is 0 Å². The molecule has 1 unspecified atom stereocenters. The van der Waals surface area contributed by atoms with Gasteiger partial charge in [-0.3, -0.25) is 4.79 Å². The Morgan fingerprint density at radius 2 is 1.90 bits per heavy atom. The van der Waals surface area contributed by atoms with Crippen molar-refractivity contribution in [3.05, 3.63) is 51.7 Å². The number of benzene rings is 1. The Hall–Kier alpha value is -1.95. The number of rotatable bonds is 4. The number of thiophene rings is 1. The molecule has 3 N–H and O–H groups in total. The zero-order valence-corrected chi connectivity index (χ0v) is 12.5. The summed E-state index contributed by atoms with van der Waals surface area (Å²) in [6.07, 6.45) is 0. The molecule has 1 aromatic carbocycles. The number of hydrogen-bond donors (Lipinski definition) is 2. The second-order valence-electron chi connectivity index (χ2n) is 5.06. The van der Waals surface area contributed by atoms with Crippen LogP contribution in [0.15, 0.2) is 29.6 Å². The Morgan fingerprint density at radius 1 is 1.29 bits per heavy atom. The minimum Gasteiger partial charge on any atom is -0.394 e. The number of halogens is 2. The van der Waals surface area contributed by atoms with Crippen LogP contribution in [-0.2, 0) is 0 Å². The Bertz CT molecular complexity index is 618. The second-order valence-corrected chi connectivity index (χ2v) is 6.04. The van der Waals surface area contributed by atoms with E-state index in [4.69, 9.17) is 5.73 Å². The van der Waals surface area contributed by atoms with Crippen molar-refractivity contribution in [1.29, 1.82) is 0 Å². The van der Waals surface area contributed by atoms with Gasteiger partial charge in [-0.1, -0.05) is 19.9 Å². The lowest BCUT2D eigenvalue weighted by Crippen LogP contribution is -2.31. The summed E-state index contributed by atoms with van der Waals surface area (Å²) in [6.45, 7) is 3.93. The predicted molar refractivity (Wildman–Crippen MR) is 80.1 cm³/mol. The number of carbonyl (C=O) groups is 1. The first-order valence-corrected chi connectivity index (χ1v) is 7.37. The highest BCUT2D eigenvalue weighted by Crippen LogP contribution is 2.26. The number of anilines is 1. The fourth-order valence-corrected chi connectivity index (χ4v) is 2.92. The maximum atomic E-state index is 13.4. The van der Waals surface area contributed by atoms with Crippen LogP contribution in [-0.4, -0.2) is 5.91 Å². The minimum absolute atomic E-state index is 0.0820. The van der Waals surface area contributed by atoms with Gasteiger partial charge in [0.25, 0.3) is 5.91 Å². The lowest BCUT2D eigenvalue weighted by atomic mass is 10.0. The molecule has 0 fully saturated rings. The molecule has 6 heteroatoms. The predicted octanol–water partition coefficient (Wildman–Crippen LogP) is 3.74. The Kier molecular flexibility index (Phi) is 4.57. The standard InChI is InChI=1S/C15H16F2N2OS/c1-8(2)14(12-4-3-5-21-12)19-15(20)9-6-10(16)13(18)11(17)7-9/h3-8,14H,18H2,1-2H3,(H,19,20). The summed E-state index contributed by atoms with van der Waals surface area (Å²) in [6, 6.07) is 5.49. The first-order valence-electron chi connectivity index (χ1n) is 6.49. The van der Waals surface area contributed by atoms with Gasteiger partial charge in [-0.05, 0) is 29.5 Å². The maximum Gasteiger partial charge on any atom is 0.252 e. The van der Waals surface area contributed by atoms with Crippen LogP contribution in [0, 0.1) is 17.6 Å². The highest BCUT2D eigenvalue weighted by Gasteiger charge is 2.21. The highest BCUT2D eigenvalue weighted by molar-refractivity contribution is 7.10. The zero-order chi connectivity index (χ0) is 15.6. The van der Waals surface area contributed by atoms with E-state index in [1.807, 2.05) is 31.4 Å². The van der Waals surface area contributed by atoms with Gasteiger partial charge in [-0.15, -0.1) is 11.3 Å². The molecule has 1 heterocycles. The second kappa shape index (κ2) is 6.22. The van der Waals surface area contributed by atoms with Gasteiger partial charge in [0.05, 0.1) is 6.04 Å². The lowest BCUT2D eigenvalue weighted by molar-refractivity contribution is 0.0925. The Balaban J connectivity index is 2.24. The molecule has 0 aliphatic carbocycles. The van der Waals surface area contributed by atoms with E-state index in [9.17, 15) is 13.6 Å². The van der Waals surface area contributed by atoms with Crippen molar-refractivity contribution in [3.63, 3.8) is 0 Å². The van der Waals surface area contributed by atoms with Gasteiger partial charge in [-0.25, -0.2) is 8.78 Å². The topological polar surface area (TPSA) is 55.1 Å². The number of hydrogen-bond acceptors (Lipinski definition) is 3. The Morgan fingerprint density at radius 3 is 2.38 bits per heavy atom. The van der Waals surface area contributed by atoms with Crippen LogP contribution in [0.25, 0.3) is 0 Å². The Labute approximate surface area is 125 Å². The molecule has 3 nitrogen and oxygen atoms in total. The molecule has 0 radical (unpaired) electrons. The number of nitrogen functional groups attached to an aromatic ring is 1. The van der Waals surface area contributed by atoms with E-state index in [0.717, 1.165) is 17.0 Å². The van der Waals surface area contributed by atoms with E-state index in [1.165, 1.54) is 11.3 Å². The van der Waals surface area contributed by atoms with Crippen LogP contribution in [0.1, 0.15) is 35.1 Å². The summed E-state index contributed by atoms with van der Waals surface area (Å²) >= 11 is 1.52. The molecule has 0 spiro atoms. The van der Waals surface area contributed by atoms with Gasteiger partial charge in [0.1, 0.15) is 17.3 Å². The van der Waals surface area contributed by atoms with Crippen molar-refractivity contribution >= 4 is 22.9 Å². The molecule has 2 aromatic rings. The van der Waals surface area contributed by atoms with Crippen molar-refractivity contribution in [2.75, 3.05) is 5.73 Å². The van der Waals surface area contributed by atoms with Crippen LogP contribution < -0.4 is 11.1 Å². The van der Waals surface area contributed by atoms with Crippen molar-refractivity contribution in [1.82, 2.24) is 5.32 Å². The average molecular weight is 310 g/mol. The van der Waals surface area contributed by atoms with Gasteiger partial charge in [-0.2, -0.15) is 0 Å². The summed E-state index contributed by atoms with van der Waals surface area (Å²) in [5.41, 5.74) is 4.54. The molecule has 0 saturated heterocycles. The van der Waals surface area contributed by atoms with E-state index < -0.39 is 23.2 Å². The number of amides is 1. The van der Waals surface area contributed by atoms with Gasteiger partial charge >= 0.3 is 0 Å². The van der Waals surface area contributed by atoms with Crippen molar-refractivity contribution in [2.24, 2.45) is 5.92 Å². The first kappa shape index (κ1) is 15.4. The third-order valence-corrected chi connectivity index (χ3v) is 4.10. The average Bonchev–Trinajstić information content (AvgIpc) is 2.94. The van der Waals surface area contributed by atoms with Gasteiger partial charge < -0.3 is 11.1 Å². The van der Waals surface area contributed by atoms with Crippen LogP contribution in [0.3, 0.4) is 0 Å². The molecule has 2 rings (SSSR count). The molecule has 112 valence electrons. The zero-order valence-electron chi connectivity index (χ0n) is 11.7. The lowest BCUT2D eigenvalue weighted by Gasteiger charge is -2.21. The molecule has 1 atom stereocenters. The molecular formula is C15H16F2N2OS. The third-order valence-electron chi connectivity index (χ3n) is 3.14. The van der Waals surface area contributed by atoms with E-state index in [1.54, 1.807) is 0 Å². The van der Waals surface area contributed by atoms with Crippen LogP contribution >= 0.6 is 11.3 Å². The molecule has 0 aliphatic heterocycles. The fraction of sp³-hybridized carbons (Fsp3) is 0.267. The molecule has 21 heavy (non-hydrogen) atoms. The summed E-state index contributed by atoms with van der Waals surface area (Å²) in [7, 11) is 0. The summed E-state index contributed by atoms with van der Waals surface area (Å²) < 4.78 is 26.9. The van der Waals surface area contributed by atoms with Crippen LogP contribution in [0.2, 0.25) is 0 Å². The van der Waals surface area contributed by atoms with Crippen LogP contribution in [0.4, 0.5) is 14.5 Å². The fourth-order valence-electron chi connectivity index (χ4n) is 1.97. The number of nitrogens with two attached hydrogens (primary N) is 1. The first-order chi connectivity index (χ1) is 9.90. The van der Waals surface area contributed by atoms with Crippen molar-refractivity contribution < 1.29 is 13.6 Å². The van der Waals surface area contributed by atoms with Crippen molar-refractivity contribution in [3.8, 4) is 0 Å². The van der Waals surface area contributed by atoms with E-state index in [-0.39, 0.29) is 17.5 Å². The van der Waals surface area contributed by atoms with Gasteiger partial charge in [0, 0.05) is 10.4 Å². The van der Waals surface area contributed by atoms with Crippen molar-refractivity contribution in [2.45, 2.75) is 19.9 Å². The molecule has 1 aromatic heterocycles. The SMILES string of the molecule is CC(C)C(NC(=O)c1cc(F)c(N)c(F)c1)c1cccs1. The summed E-state index contributed by atoms with van der Waals surface area (Å²) in [5, 5.41) is 4.72. The largest absolute Gasteiger partial charge is 0.394 e. The van der Waals surface area contributed by atoms with E-state index >= 15 is 0 Å². The molecular weight excluding hydrogens is 294 g/mol. The smallest absolute Gasteiger partial charge is 0.252 e. The number of nitrogens with one attached hydrogen (secondary N) is 1. The highest BCUT2D eigenvalue weighted by atomic mass is 32.1. The monoisotopic (exact) mass is 310 g/mol. The minimum atomic E-state index is -0.933. The van der Waals surface area contributed by atoms with Gasteiger partial charge in [0.2, 0.25) is 0 Å². The van der Waals surface area contributed by atoms with Crippen LogP contribution in [0.5, 0.6) is 0 Å². The summed E-state index contributed by atoms with van der Waals surface area (Å²) in [4.78, 5) is 13.2. The molecule has 1 amide bonds. The third kappa shape index (κ3) is 3.39. The summed E-state index contributed by atoms with van der Waals surface area (Å²) in [5.74, 6) is -2.24.